The number of halogens is 1. The number of rotatable bonds is 1. The fourth-order valence-corrected chi connectivity index (χ4v) is 2.57. The molecule has 0 saturated heterocycles. The second-order valence-electron chi connectivity index (χ2n) is 3.95. The molecule has 4 nitrogen and oxygen atoms in total. The van der Waals surface area contributed by atoms with E-state index in [4.69, 9.17) is 9.15 Å². The first-order chi connectivity index (χ1) is 7.65. The number of aromatic amines is 1. The van der Waals surface area contributed by atoms with E-state index in [2.05, 4.69) is 25.9 Å². The molecule has 2 aromatic heterocycles. The number of oxazole rings is 1. The van der Waals surface area contributed by atoms with Gasteiger partial charge in [-0.3, -0.25) is 0 Å². The smallest absolute Gasteiger partial charge is 0.195 e. The predicted molar refractivity (Wildman–Crippen MR) is 61.8 cm³/mol. The Hall–Kier alpha value is -1.23. The zero-order valence-electron chi connectivity index (χ0n) is 9.00. The molecule has 3 heterocycles. The molecule has 0 saturated carbocycles. The van der Waals surface area contributed by atoms with Gasteiger partial charge in [-0.1, -0.05) is 0 Å². The lowest BCUT2D eigenvalue weighted by Gasteiger charge is -2.04. The molecule has 84 valence electrons. The first-order valence-electron chi connectivity index (χ1n) is 5.10. The molecule has 1 atom stereocenters. The molecular formula is C11H11BrN2O2. The Labute approximate surface area is 101 Å². The number of hydrogen-bond acceptors (Lipinski definition) is 3. The highest BCUT2D eigenvalue weighted by Gasteiger charge is 2.32. The normalized spacial score (nSPS) is 18.6. The summed E-state index contributed by atoms with van der Waals surface area (Å²) >= 11 is 3.40. The van der Waals surface area contributed by atoms with Gasteiger partial charge in [-0.05, 0) is 28.9 Å². The first-order valence-corrected chi connectivity index (χ1v) is 5.89. The molecule has 0 spiro atoms. The molecular weight excluding hydrogens is 272 g/mol. The van der Waals surface area contributed by atoms with Crippen molar-refractivity contribution in [2.45, 2.75) is 19.8 Å². The summed E-state index contributed by atoms with van der Waals surface area (Å²) in [5, 5.41) is 0. The largest absolute Gasteiger partial charge is 0.478 e. The van der Waals surface area contributed by atoms with Gasteiger partial charge in [0.05, 0.1) is 16.2 Å². The van der Waals surface area contributed by atoms with Crippen molar-refractivity contribution in [2.24, 2.45) is 0 Å². The molecule has 2 aromatic rings. The SMILES string of the molecule is Cc1nc(C)c(C2COc3[nH]c(Br)cc32)o1. The number of ether oxygens (including phenoxy) is 1. The van der Waals surface area contributed by atoms with E-state index in [1.807, 2.05) is 19.9 Å². The molecule has 1 N–H and O–H groups in total. The summed E-state index contributed by atoms with van der Waals surface area (Å²) in [5.41, 5.74) is 2.07. The molecule has 0 fully saturated rings. The van der Waals surface area contributed by atoms with Crippen LogP contribution in [0.5, 0.6) is 5.88 Å². The minimum Gasteiger partial charge on any atom is -0.478 e. The fraction of sp³-hybridized carbons (Fsp3) is 0.364. The summed E-state index contributed by atoms with van der Waals surface area (Å²) in [6.07, 6.45) is 0. The van der Waals surface area contributed by atoms with Crippen LogP contribution in [0.1, 0.15) is 28.8 Å². The van der Waals surface area contributed by atoms with Gasteiger partial charge in [0.25, 0.3) is 0 Å². The Morgan fingerprint density at radius 1 is 1.50 bits per heavy atom. The zero-order chi connectivity index (χ0) is 11.3. The Kier molecular flexibility index (Phi) is 2.10. The van der Waals surface area contributed by atoms with Crippen molar-refractivity contribution in [2.75, 3.05) is 6.61 Å². The van der Waals surface area contributed by atoms with Crippen LogP contribution >= 0.6 is 15.9 Å². The monoisotopic (exact) mass is 282 g/mol. The molecule has 0 amide bonds. The quantitative estimate of drug-likeness (QED) is 0.875. The van der Waals surface area contributed by atoms with Gasteiger partial charge in [0.15, 0.2) is 11.8 Å². The molecule has 16 heavy (non-hydrogen) atoms. The number of hydrogen-bond donors (Lipinski definition) is 1. The number of nitrogens with one attached hydrogen (secondary N) is 1. The second kappa shape index (κ2) is 3.38. The third-order valence-electron chi connectivity index (χ3n) is 2.80. The molecule has 0 bridgehead atoms. The van der Waals surface area contributed by atoms with Gasteiger partial charge in [0.2, 0.25) is 0 Å². The number of aromatic nitrogens is 2. The summed E-state index contributed by atoms with van der Waals surface area (Å²) in [7, 11) is 0. The summed E-state index contributed by atoms with van der Waals surface area (Å²) < 4.78 is 12.1. The van der Waals surface area contributed by atoms with Crippen molar-refractivity contribution in [1.29, 1.82) is 0 Å². The highest BCUT2D eigenvalue weighted by Crippen LogP contribution is 2.40. The third-order valence-corrected chi connectivity index (χ3v) is 3.23. The Morgan fingerprint density at radius 3 is 3.00 bits per heavy atom. The van der Waals surface area contributed by atoms with Gasteiger partial charge >= 0.3 is 0 Å². The summed E-state index contributed by atoms with van der Waals surface area (Å²) in [6, 6.07) is 2.03. The van der Waals surface area contributed by atoms with E-state index < -0.39 is 0 Å². The van der Waals surface area contributed by atoms with Crippen molar-refractivity contribution in [3.63, 3.8) is 0 Å². The third kappa shape index (κ3) is 1.38. The van der Waals surface area contributed by atoms with E-state index in [0.29, 0.717) is 12.5 Å². The second-order valence-corrected chi connectivity index (χ2v) is 4.80. The van der Waals surface area contributed by atoms with Crippen LogP contribution in [0.3, 0.4) is 0 Å². The maximum Gasteiger partial charge on any atom is 0.195 e. The maximum atomic E-state index is 5.64. The minimum atomic E-state index is 0.152. The van der Waals surface area contributed by atoms with Crippen molar-refractivity contribution in [1.82, 2.24) is 9.97 Å². The maximum absolute atomic E-state index is 5.64. The van der Waals surface area contributed by atoms with Crippen LogP contribution in [0, 0.1) is 13.8 Å². The lowest BCUT2D eigenvalue weighted by Crippen LogP contribution is -2.03. The van der Waals surface area contributed by atoms with E-state index in [1.165, 1.54) is 0 Å². The van der Waals surface area contributed by atoms with Gasteiger partial charge in [-0.15, -0.1) is 0 Å². The highest BCUT2D eigenvalue weighted by atomic mass is 79.9. The van der Waals surface area contributed by atoms with Gasteiger partial charge in [-0.25, -0.2) is 4.98 Å². The van der Waals surface area contributed by atoms with Crippen LogP contribution in [0.4, 0.5) is 0 Å². The van der Waals surface area contributed by atoms with Crippen molar-refractivity contribution in [3.05, 3.63) is 33.6 Å². The molecule has 1 aliphatic rings. The van der Waals surface area contributed by atoms with Crippen LogP contribution in [-0.2, 0) is 0 Å². The predicted octanol–water partition coefficient (Wildman–Crippen LogP) is 2.91. The van der Waals surface area contributed by atoms with E-state index in [9.17, 15) is 0 Å². The first kappa shape index (κ1) is 9.96. The van der Waals surface area contributed by atoms with E-state index >= 15 is 0 Å². The van der Waals surface area contributed by atoms with Gasteiger partial charge in [0, 0.05) is 12.5 Å². The van der Waals surface area contributed by atoms with Crippen LogP contribution in [0.2, 0.25) is 0 Å². The summed E-state index contributed by atoms with van der Waals surface area (Å²) in [4.78, 5) is 7.41. The Bertz CT molecular complexity index is 544. The molecule has 5 heteroatoms. The minimum absolute atomic E-state index is 0.152. The number of fused-ring (bicyclic) bond motifs is 1. The number of aryl methyl sites for hydroxylation is 2. The standard InChI is InChI=1S/C11H11BrN2O2/c1-5-10(16-6(2)13-5)8-4-15-11-7(8)3-9(12)14-11/h3,8,14H,4H2,1-2H3. The molecule has 0 aliphatic carbocycles. The zero-order valence-corrected chi connectivity index (χ0v) is 10.6. The highest BCUT2D eigenvalue weighted by molar-refractivity contribution is 9.10. The van der Waals surface area contributed by atoms with Gasteiger partial charge in [-0.2, -0.15) is 0 Å². The molecule has 1 aliphatic heterocycles. The Balaban J connectivity index is 2.06. The van der Waals surface area contributed by atoms with Gasteiger partial charge < -0.3 is 14.1 Å². The van der Waals surface area contributed by atoms with Crippen molar-refractivity contribution in [3.8, 4) is 5.88 Å². The van der Waals surface area contributed by atoms with E-state index in [0.717, 1.165) is 27.5 Å². The average Bonchev–Trinajstić information content (AvgIpc) is 2.80. The van der Waals surface area contributed by atoms with Crippen molar-refractivity contribution < 1.29 is 9.15 Å². The summed E-state index contributed by atoms with van der Waals surface area (Å²) in [5.74, 6) is 2.59. The van der Waals surface area contributed by atoms with Crippen LogP contribution in [-0.4, -0.2) is 16.6 Å². The van der Waals surface area contributed by atoms with Crippen LogP contribution < -0.4 is 4.74 Å². The van der Waals surface area contributed by atoms with E-state index in [-0.39, 0.29) is 5.92 Å². The summed E-state index contributed by atoms with van der Waals surface area (Å²) in [6.45, 7) is 4.44. The van der Waals surface area contributed by atoms with E-state index in [1.54, 1.807) is 0 Å². The van der Waals surface area contributed by atoms with Gasteiger partial charge in [0.1, 0.15) is 12.4 Å². The Morgan fingerprint density at radius 2 is 2.31 bits per heavy atom. The molecule has 0 radical (unpaired) electrons. The molecule has 3 rings (SSSR count). The van der Waals surface area contributed by atoms with Crippen molar-refractivity contribution >= 4 is 15.9 Å². The average molecular weight is 283 g/mol. The molecule has 1 unspecified atom stereocenters. The lowest BCUT2D eigenvalue weighted by atomic mass is 10.0. The topological polar surface area (TPSA) is 51.0 Å². The van der Waals surface area contributed by atoms with Crippen LogP contribution in [0.15, 0.2) is 15.1 Å². The molecule has 0 aromatic carbocycles. The lowest BCUT2D eigenvalue weighted by molar-refractivity contribution is 0.316. The fourth-order valence-electron chi connectivity index (χ4n) is 2.14. The number of nitrogens with zero attached hydrogens (tertiary/aromatic N) is 1. The number of H-pyrrole nitrogens is 1. The van der Waals surface area contributed by atoms with Crippen LogP contribution in [0.25, 0.3) is 0 Å².